The van der Waals surface area contributed by atoms with Crippen LogP contribution >= 0.6 is 0 Å². The van der Waals surface area contributed by atoms with Crippen molar-refractivity contribution in [3.8, 4) is 0 Å². The van der Waals surface area contributed by atoms with Crippen molar-refractivity contribution in [1.82, 2.24) is 15.1 Å². The lowest BCUT2D eigenvalue weighted by Crippen LogP contribution is -2.16. The van der Waals surface area contributed by atoms with E-state index in [1.165, 1.54) is 6.07 Å². The van der Waals surface area contributed by atoms with Crippen molar-refractivity contribution in [2.24, 2.45) is 12.2 Å². The number of hydrogen-bond donors (Lipinski definition) is 2. The van der Waals surface area contributed by atoms with Gasteiger partial charge in [0.05, 0.1) is 12.7 Å². The minimum absolute atomic E-state index is 0.212. The molecule has 0 unspecified atom stereocenters. The predicted molar refractivity (Wildman–Crippen MR) is 68.7 cm³/mol. The smallest absolute Gasteiger partial charge is 0.271 e. The van der Waals surface area contributed by atoms with Crippen LogP contribution in [-0.2, 0) is 30.0 Å². The Morgan fingerprint density at radius 3 is 2.84 bits per heavy atom. The molecule has 0 saturated carbocycles. The van der Waals surface area contributed by atoms with Crippen LogP contribution in [0.2, 0.25) is 0 Å². The average molecular weight is 284 g/mol. The molecule has 0 aliphatic rings. The van der Waals surface area contributed by atoms with Crippen LogP contribution in [0, 0.1) is 0 Å². The fourth-order valence-corrected chi connectivity index (χ4v) is 2.13. The van der Waals surface area contributed by atoms with Gasteiger partial charge in [-0.1, -0.05) is 0 Å². The zero-order valence-electron chi connectivity index (χ0n) is 10.5. The van der Waals surface area contributed by atoms with Gasteiger partial charge >= 0.3 is 0 Å². The van der Waals surface area contributed by atoms with E-state index in [0.29, 0.717) is 12.3 Å². The molecule has 8 heteroatoms. The molecule has 2 heterocycles. The van der Waals surface area contributed by atoms with Crippen molar-refractivity contribution in [2.75, 3.05) is 6.54 Å². The first-order valence-corrected chi connectivity index (χ1v) is 7.29. The molecule has 19 heavy (non-hydrogen) atoms. The summed E-state index contributed by atoms with van der Waals surface area (Å²) >= 11 is 0. The summed E-state index contributed by atoms with van der Waals surface area (Å²) < 4.78 is 28.9. The van der Waals surface area contributed by atoms with Gasteiger partial charge in [0, 0.05) is 13.2 Å². The SMILES string of the molecule is Cn1cc(CCNCc2ccc(S(N)(=O)=O)o2)cn1. The van der Waals surface area contributed by atoms with E-state index in [0.717, 1.165) is 18.5 Å². The summed E-state index contributed by atoms with van der Waals surface area (Å²) in [6.45, 7) is 1.20. The molecule has 0 aliphatic heterocycles. The van der Waals surface area contributed by atoms with Crippen LogP contribution in [0.1, 0.15) is 11.3 Å². The average Bonchev–Trinajstić information content (AvgIpc) is 2.93. The van der Waals surface area contributed by atoms with Gasteiger partial charge in [-0.2, -0.15) is 5.10 Å². The van der Waals surface area contributed by atoms with Gasteiger partial charge in [0.1, 0.15) is 5.76 Å². The molecule has 2 aromatic heterocycles. The molecular formula is C11H16N4O3S. The number of sulfonamides is 1. The third-order valence-electron chi connectivity index (χ3n) is 2.57. The van der Waals surface area contributed by atoms with Crippen LogP contribution in [-0.4, -0.2) is 24.7 Å². The maximum atomic E-state index is 11.0. The van der Waals surface area contributed by atoms with Gasteiger partial charge in [-0.05, 0) is 30.7 Å². The van der Waals surface area contributed by atoms with Gasteiger partial charge in [0.25, 0.3) is 10.0 Å². The minimum Gasteiger partial charge on any atom is -0.447 e. The van der Waals surface area contributed by atoms with Gasteiger partial charge in [0.15, 0.2) is 0 Å². The van der Waals surface area contributed by atoms with Crippen LogP contribution < -0.4 is 10.5 Å². The Kier molecular flexibility index (Phi) is 4.03. The number of nitrogens with one attached hydrogen (secondary N) is 1. The first kappa shape index (κ1) is 13.8. The van der Waals surface area contributed by atoms with Crippen molar-refractivity contribution in [3.63, 3.8) is 0 Å². The third kappa shape index (κ3) is 3.91. The van der Waals surface area contributed by atoms with E-state index in [1.54, 1.807) is 10.7 Å². The van der Waals surface area contributed by atoms with E-state index in [4.69, 9.17) is 9.56 Å². The Bertz CT molecular complexity index is 644. The molecule has 104 valence electrons. The quantitative estimate of drug-likeness (QED) is 0.726. The third-order valence-corrected chi connectivity index (χ3v) is 3.35. The van der Waals surface area contributed by atoms with E-state index in [1.807, 2.05) is 19.4 Å². The van der Waals surface area contributed by atoms with Crippen LogP contribution in [0.3, 0.4) is 0 Å². The Morgan fingerprint density at radius 2 is 2.26 bits per heavy atom. The summed E-state index contributed by atoms with van der Waals surface area (Å²) in [6, 6.07) is 2.95. The first-order valence-electron chi connectivity index (χ1n) is 5.75. The first-order chi connectivity index (χ1) is 8.95. The molecule has 2 aromatic rings. The summed E-state index contributed by atoms with van der Waals surface area (Å²) in [5.41, 5.74) is 1.14. The summed E-state index contributed by atoms with van der Waals surface area (Å²) in [6.07, 6.45) is 4.61. The van der Waals surface area contributed by atoms with Gasteiger partial charge < -0.3 is 9.73 Å². The number of nitrogens with zero attached hydrogens (tertiary/aromatic N) is 2. The van der Waals surface area contributed by atoms with E-state index in [2.05, 4.69) is 10.4 Å². The van der Waals surface area contributed by atoms with Crippen molar-refractivity contribution >= 4 is 10.0 Å². The molecule has 0 radical (unpaired) electrons. The molecule has 0 saturated heterocycles. The lowest BCUT2D eigenvalue weighted by atomic mass is 10.2. The number of aryl methyl sites for hydroxylation is 1. The fraction of sp³-hybridized carbons (Fsp3) is 0.364. The van der Waals surface area contributed by atoms with Crippen LogP contribution in [0.5, 0.6) is 0 Å². The molecule has 0 bridgehead atoms. The molecular weight excluding hydrogens is 268 g/mol. The molecule has 7 nitrogen and oxygen atoms in total. The topological polar surface area (TPSA) is 103 Å². The van der Waals surface area contributed by atoms with E-state index >= 15 is 0 Å². The van der Waals surface area contributed by atoms with Crippen LogP contribution in [0.15, 0.2) is 34.0 Å². The second kappa shape index (κ2) is 5.55. The molecule has 2 rings (SSSR count). The highest BCUT2D eigenvalue weighted by molar-refractivity contribution is 7.89. The fourth-order valence-electron chi connectivity index (χ4n) is 1.65. The maximum Gasteiger partial charge on any atom is 0.271 e. The number of nitrogens with two attached hydrogens (primary N) is 1. The number of furan rings is 1. The second-order valence-electron chi connectivity index (χ2n) is 4.21. The van der Waals surface area contributed by atoms with E-state index < -0.39 is 10.0 Å². The summed E-state index contributed by atoms with van der Waals surface area (Å²) in [5, 5.41) is 12.0. The van der Waals surface area contributed by atoms with Crippen molar-refractivity contribution < 1.29 is 12.8 Å². The predicted octanol–water partition coefficient (Wildman–Crippen LogP) is -0.00720. The second-order valence-corrected chi connectivity index (χ2v) is 5.71. The monoisotopic (exact) mass is 284 g/mol. The number of primary sulfonamides is 1. The Hall–Kier alpha value is -1.64. The summed E-state index contributed by atoms with van der Waals surface area (Å²) in [7, 11) is -1.89. The zero-order chi connectivity index (χ0) is 13.9. The maximum absolute atomic E-state index is 11.0. The van der Waals surface area contributed by atoms with Crippen molar-refractivity contribution in [1.29, 1.82) is 0 Å². The standard InChI is InChI=1S/C11H16N4O3S/c1-15-8-9(6-14-15)4-5-13-7-10-2-3-11(18-10)19(12,16)17/h2-3,6,8,13H,4-5,7H2,1H3,(H2,12,16,17). The minimum atomic E-state index is -3.76. The van der Waals surface area contributed by atoms with E-state index in [9.17, 15) is 8.42 Å². The molecule has 3 N–H and O–H groups in total. The molecule has 0 fully saturated rings. The Balaban J connectivity index is 1.78. The normalized spacial score (nSPS) is 11.9. The highest BCUT2D eigenvalue weighted by Crippen LogP contribution is 2.11. The van der Waals surface area contributed by atoms with Gasteiger partial charge in [-0.15, -0.1) is 0 Å². The van der Waals surface area contributed by atoms with Gasteiger partial charge in [0.2, 0.25) is 5.09 Å². The lowest BCUT2D eigenvalue weighted by molar-refractivity contribution is 0.403. The number of aromatic nitrogens is 2. The van der Waals surface area contributed by atoms with E-state index in [-0.39, 0.29) is 5.09 Å². The van der Waals surface area contributed by atoms with Crippen molar-refractivity contribution in [3.05, 3.63) is 35.9 Å². The molecule has 0 spiro atoms. The van der Waals surface area contributed by atoms with Gasteiger partial charge in [-0.3, -0.25) is 4.68 Å². The van der Waals surface area contributed by atoms with Crippen LogP contribution in [0.25, 0.3) is 0 Å². The highest BCUT2D eigenvalue weighted by Gasteiger charge is 2.12. The summed E-state index contributed by atoms with van der Waals surface area (Å²) in [4.78, 5) is 0. The largest absolute Gasteiger partial charge is 0.447 e. The highest BCUT2D eigenvalue weighted by atomic mass is 32.2. The molecule has 0 aromatic carbocycles. The van der Waals surface area contributed by atoms with Crippen LogP contribution in [0.4, 0.5) is 0 Å². The zero-order valence-corrected chi connectivity index (χ0v) is 11.4. The molecule has 0 aliphatic carbocycles. The van der Waals surface area contributed by atoms with Crippen molar-refractivity contribution in [2.45, 2.75) is 18.1 Å². The Morgan fingerprint density at radius 1 is 1.47 bits per heavy atom. The Labute approximate surface area is 111 Å². The number of rotatable bonds is 6. The number of hydrogen-bond acceptors (Lipinski definition) is 5. The molecule has 0 amide bonds. The van der Waals surface area contributed by atoms with Gasteiger partial charge in [-0.25, -0.2) is 13.6 Å². The molecule has 0 atom stereocenters. The lowest BCUT2D eigenvalue weighted by Gasteiger charge is -2.00. The summed E-state index contributed by atoms with van der Waals surface area (Å²) in [5.74, 6) is 0.537.